The molecule has 3 aromatic heterocycles. The van der Waals surface area contributed by atoms with Crippen LogP contribution in [0.25, 0.3) is 10.2 Å². The third kappa shape index (κ3) is 3.64. The Balaban J connectivity index is 1.84. The smallest absolute Gasteiger partial charge is 0.262 e. The molecule has 0 aliphatic heterocycles. The number of rotatable bonds is 7. The molecule has 0 saturated heterocycles. The van der Waals surface area contributed by atoms with Crippen LogP contribution in [-0.4, -0.2) is 28.7 Å². The van der Waals surface area contributed by atoms with Crippen LogP contribution in [0.3, 0.4) is 0 Å². The molecule has 7 nitrogen and oxygen atoms in total. The van der Waals surface area contributed by atoms with Crippen LogP contribution in [0.2, 0.25) is 0 Å². The Morgan fingerprint density at radius 1 is 1.48 bits per heavy atom. The van der Waals surface area contributed by atoms with E-state index in [1.54, 1.807) is 25.3 Å². The van der Waals surface area contributed by atoms with Crippen molar-refractivity contribution in [2.75, 3.05) is 13.2 Å². The van der Waals surface area contributed by atoms with Crippen LogP contribution in [-0.2, 0) is 17.8 Å². The van der Waals surface area contributed by atoms with E-state index in [1.807, 2.05) is 6.92 Å². The van der Waals surface area contributed by atoms with Gasteiger partial charge in [0.1, 0.15) is 10.6 Å². The van der Waals surface area contributed by atoms with Crippen molar-refractivity contribution in [2.24, 2.45) is 0 Å². The van der Waals surface area contributed by atoms with Crippen LogP contribution in [0.5, 0.6) is 0 Å². The lowest BCUT2D eigenvalue weighted by atomic mass is 10.2. The second-order valence-corrected chi connectivity index (χ2v) is 6.44. The second kappa shape index (κ2) is 7.62. The van der Waals surface area contributed by atoms with Crippen molar-refractivity contribution in [3.8, 4) is 0 Å². The van der Waals surface area contributed by atoms with Crippen LogP contribution < -0.4 is 10.9 Å². The molecule has 1 amide bonds. The number of nitrogens with one attached hydrogen (secondary N) is 1. The minimum absolute atomic E-state index is 0.150. The lowest BCUT2D eigenvalue weighted by molar-refractivity contribution is 0.0951. The predicted octanol–water partition coefficient (Wildman–Crippen LogP) is 2.33. The molecular weight excluding hydrogens is 342 g/mol. The largest absolute Gasteiger partial charge is 0.467 e. The highest BCUT2D eigenvalue weighted by Gasteiger charge is 2.19. The van der Waals surface area contributed by atoms with Gasteiger partial charge in [-0.2, -0.15) is 0 Å². The number of aromatic nitrogens is 2. The molecule has 132 valence electrons. The zero-order valence-corrected chi connectivity index (χ0v) is 14.9. The van der Waals surface area contributed by atoms with Crippen molar-refractivity contribution in [2.45, 2.75) is 26.9 Å². The van der Waals surface area contributed by atoms with Gasteiger partial charge in [0.15, 0.2) is 0 Å². The molecule has 3 rings (SSSR count). The molecule has 0 aromatic carbocycles. The van der Waals surface area contributed by atoms with Crippen LogP contribution in [0, 0.1) is 6.92 Å². The minimum Gasteiger partial charge on any atom is -0.467 e. The molecule has 0 unspecified atom stereocenters. The van der Waals surface area contributed by atoms with E-state index in [-0.39, 0.29) is 11.5 Å². The zero-order chi connectivity index (χ0) is 17.8. The van der Waals surface area contributed by atoms with Crippen LogP contribution in [0.4, 0.5) is 0 Å². The highest BCUT2D eigenvalue weighted by atomic mass is 32.1. The molecule has 0 fully saturated rings. The Bertz CT molecular complexity index is 927. The van der Waals surface area contributed by atoms with Crippen molar-refractivity contribution in [1.82, 2.24) is 14.9 Å². The molecule has 0 aliphatic carbocycles. The summed E-state index contributed by atoms with van der Waals surface area (Å²) >= 11 is 1.22. The van der Waals surface area contributed by atoms with Crippen LogP contribution in [0.1, 0.15) is 27.9 Å². The van der Waals surface area contributed by atoms with Crippen LogP contribution in [0.15, 0.2) is 33.9 Å². The fourth-order valence-electron chi connectivity index (χ4n) is 2.50. The number of thiophene rings is 1. The van der Waals surface area contributed by atoms with Gasteiger partial charge in [-0.3, -0.25) is 14.2 Å². The van der Waals surface area contributed by atoms with Crippen molar-refractivity contribution >= 4 is 27.5 Å². The Morgan fingerprint density at radius 3 is 3.04 bits per heavy atom. The molecule has 0 bridgehead atoms. The van der Waals surface area contributed by atoms with Crippen molar-refractivity contribution < 1.29 is 13.9 Å². The fourth-order valence-corrected chi connectivity index (χ4v) is 3.56. The maximum absolute atomic E-state index is 12.7. The molecule has 8 heteroatoms. The molecule has 3 heterocycles. The Kier molecular flexibility index (Phi) is 5.30. The quantitative estimate of drug-likeness (QED) is 0.653. The number of ether oxygens (including phenoxy) is 1. The van der Waals surface area contributed by atoms with E-state index < -0.39 is 0 Å². The summed E-state index contributed by atoms with van der Waals surface area (Å²) in [5, 5.41) is 3.29. The summed E-state index contributed by atoms with van der Waals surface area (Å²) in [7, 11) is 0. The first kappa shape index (κ1) is 17.4. The maximum atomic E-state index is 12.7. The highest BCUT2D eigenvalue weighted by molar-refractivity contribution is 7.20. The topological polar surface area (TPSA) is 86.4 Å². The second-order valence-electron chi connectivity index (χ2n) is 5.44. The van der Waals surface area contributed by atoms with Gasteiger partial charge in [-0.05, 0) is 31.5 Å². The number of nitrogens with zero attached hydrogens (tertiary/aromatic N) is 2. The number of aryl methyl sites for hydroxylation is 1. The highest BCUT2D eigenvalue weighted by Crippen LogP contribution is 2.26. The maximum Gasteiger partial charge on any atom is 0.262 e. The number of carbonyl (C=O) groups excluding carboxylic acids is 1. The first-order valence-corrected chi connectivity index (χ1v) is 8.80. The van der Waals surface area contributed by atoms with Gasteiger partial charge in [0.25, 0.3) is 11.5 Å². The Labute approximate surface area is 148 Å². The molecular formula is C17H19N3O4S. The normalized spacial score (nSPS) is 11.1. The molecule has 0 aliphatic rings. The molecule has 1 N–H and O–H groups in total. The summed E-state index contributed by atoms with van der Waals surface area (Å²) in [6, 6.07) is 3.55. The summed E-state index contributed by atoms with van der Waals surface area (Å²) in [6.45, 7) is 5.46. The first-order valence-electron chi connectivity index (χ1n) is 7.98. The molecule has 0 spiro atoms. The number of furan rings is 1. The number of fused-ring (bicyclic) bond motifs is 1. The average Bonchev–Trinajstić information content (AvgIpc) is 3.23. The van der Waals surface area contributed by atoms with Gasteiger partial charge in [0, 0.05) is 6.61 Å². The van der Waals surface area contributed by atoms with Gasteiger partial charge in [-0.15, -0.1) is 11.3 Å². The Morgan fingerprint density at radius 2 is 2.32 bits per heavy atom. The van der Waals surface area contributed by atoms with E-state index in [1.165, 1.54) is 22.2 Å². The lowest BCUT2D eigenvalue weighted by Crippen LogP contribution is -2.24. The Hall–Kier alpha value is -2.45. The summed E-state index contributed by atoms with van der Waals surface area (Å²) in [6.07, 6.45) is 3.06. The molecule has 0 saturated carbocycles. The number of amides is 1. The molecule has 0 atom stereocenters. The van der Waals surface area contributed by atoms with Gasteiger partial charge < -0.3 is 14.5 Å². The summed E-state index contributed by atoms with van der Waals surface area (Å²) in [5.41, 5.74) is 0.503. The molecule has 0 radical (unpaired) electrons. The number of carbonyl (C=O) groups is 1. The van der Waals surface area contributed by atoms with E-state index in [9.17, 15) is 9.59 Å². The average molecular weight is 361 g/mol. The van der Waals surface area contributed by atoms with Crippen LogP contribution >= 0.6 is 11.3 Å². The first-order chi connectivity index (χ1) is 12.1. The van der Waals surface area contributed by atoms with Gasteiger partial charge in [0.2, 0.25) is 0 Å². The van der Waals surface area contributed by atoms with Gasteiger partial charge >= 0.3 is 0 Å². The van der Waals surface area contributed by atoms with Crippen molar-refractivity contribution in [1.29, 1.82) is 0 Å². The van der Waals surface area contributed by atoms with Gasteiger partial charge in [0.05, 0.1) is 42.6 Å². The summed E-state index contributed by atoms with van der Waals surface area (Å²) in [4.78, 5) is 30.5. The zero-order valence-electron chi connectivity index (χ0n) is 14.1. The summed E-state index contributed by atoms with van der Waals surface area (Å²) < 4.78 is 12.0. The van der Waals surface area contributed by atoms with Crippen molar-refractivity contribution in [3.63, 3.8) is 0 Å². The SMILES string of the molecule is CCOCCn1cnc2sc(C(=O)NCc3ccco3)c(C)c2c1=O. The van der Waals surface area contributed by atoms with Crippen molar-refractivity contribution in [3.05, 3.63) is 51.3 Å². The third-order valence-corrected chi connectivity index (χ3v) is 5.01. The van der Waals surface area contributed by atoms with E-state index >= 15 is 0 Å². The van der Waals surface area contributed by atoms with Gasteiger partial charge in [-0.25, -0.2) is 4.98 Å². The molecule has 25 heavy (non-hydrogen) atoms. The number of hydrogen-bond acceptors (Lipinski definition) is 6. The molecule has 3 aromatic rings. The van der Waals surface area contributed by atoms with Gasteiger partial charge in [-0.1, -0.05) is 0 Å². The standard InChI is InChI=1S/C17H19N3O4S/c1-3-23-8-6-20-10-19-16-13(17(20)22)11(2)14(25-16)15(21)18-9-12-5-4-7-24-12/h4-5,7,10H,3,6,8-9H2,1-2H3,(H,18,21). The minimum atomic E-state index is -0.239. The monoisotopic (exact) mass is 361 g/mol. The lowest BCUT2D eigenvalue weighted by Gasteiger charge is -2.05. The van der Waals surface area contributed by atoms with E-state index in [0.29, 0.717) is 52.7 Å². The van der Waals surface area contributed by atoms with E-state index in [2.05, 4.69) is 10.3 Å². The van der Waals surface area contributed by atoms with E-state index in [0.717, 1.165) is 0 Å². The summed E-state index contributed by atoms with van der Waals surface area (Å²) in [5.74, 6) is 0.431. The third-order valence-electron chi connectivity index (χ3n) is 3.81. The number of hydrogen-bond donors (Lipinski definition) is 1. The van der Waals surface area contributed by atoms with E-state index in [4.69, 9.17) is 9.15 Å². The predicted molar refractivity (Wildman–Crippen MR) is 95.0 cm³/mol. The fraction of sp³-hybridized carbons (Fsp3) is 0.353.